The van der Waals surface area contributed by atoms with Crippen molar-refractivity contribution in [1.82, 2.24) is 4.90 Å². The molecule has 4 heteroatoms. The number of hydrogen-bond acceptors (Lipinski definition) is 3. The Morgan fingerprint density at radius 3 is 2.24 bits per heavy atom. The van der Waals surface area contributed by atoms with Crippen LogP contribution < -0.4 is 0 Å². The van der Waals surface area contributed by atoms with Gasteiger partial charge in [-0.2, -0.15) is 0 Å². The average Bonchev–Trinajstić information content (AvgIpc) is 2.35. The first kappa shape index (κ1) is 14.5. The summed E-state index contributed by atoms with van der Waals surface area (Å²) >= 11 is 0. The molecule has 0 radical (unpaired) electrons. The molecule has 1 fully saturated rings. The van der Waals surface area contributed by atoms with E-state index in [2.05, 4.69) is 6.92 Å². The molecule has 1 amide bonds. The molecular weight excluding hydrogens is 218 g/mol. The fourth-order valence-electron chi connectivity index (χ4n) is 2.38. The van der Waals surface area contributed by atoms with E-state index >= 15 is 0 Å². The smallest absolute Gasteiger partial charge is 0.225 e. The Kier molecular flexibility index (Phi) is 5.92. The summed E-state index contributed by atoms with van der Waals surface area (Å²) in [5.41, 5.74) is 0. The van der Waals surface area contributed by atoms with Gasteiger partial charge < -0.3 is 14.4 Å². The number of methoxy groups -OCH3 is 2. The van der Waals surface area contributed by atoms with E-state index in [1.165, 1.54) is 12.8 Å². The molecule has 1 aliphatic carbocycles. The van der Waals surface area contributed by atoms with E-state index in [0.29, 0.717) is 6.54 Å². The summed E-state index contributed by atoms with van der Waals surface area (Å²) in [5.74, 6) is 1.21. The molecule has 0 spiro atoms. The summed E-state index contributed by atoms with van der Waals surface area (Å²) < 4.78 is 10.2. The van der Waals surface area contributed by atoms with Crippen molar-refractivity contribution < 1.29 is 14.3 Å². The minimum absolute atomic E-state index is 0.200. The largest absolute Gasteiger partial charge is 0.354 e. The highest BCUT2D eigenvalue weighted by atomic mass is 16.7. The predicted octanol–water partition coefficient (Wildman–Crippen LogP) is 1.89. The molecule has 0 unspecified atom stereocenters. The van der Waals surface area contributed by atoms with Gasteiger partial charge in [0, 0.05) is 27.2 Å². The van der Waals surface area contributed by atoms with Gasteiger partial charge in [0.15, 0.2) is 6.29 Å². The number of carbonyl (C=O) groups is 1. The molecule has 1 rings (SSSR count). The summed E-state index contributed by atoms with van der Waals surface area (Å²) in [6, 6.07) is 0. The van der Waals surface area contributed by atoms with E-state index in [1.807, 2.05) is 7.05 Å². The maximum absolute atomic E-state index is 12.2. The Bertz CT molecular complexity index is 233. The lowest BCUT2D eigenvalue weighted by molar-refractivity contribution is -0.147. The van der Waals surface area contributed by atoms with Crippen molar-refractivity contribution in [1.29, 1.82) is 0 Å². The Hall–Kier alpha value is -0.610. The average molecular weight is 243 g/mol. The molecule has 1 aliphatic rings. The third-order valence-corrected chi connectivity index (χ3v) is 3.69. The van der Waals surface area contributed by atoms with Crippen molar-refractivity contribution in [2.75, 3.05) is 27.8 Å². The van der Waals surface area contributed by atoms with Crippen LogP contribution in [0.3, 0.4) is 0 Å². The molecule has 0 atom stereocenters. The molecule has 0 heterocycles. The molecule has 0 saturated heterocycles. The van der Waals surface area contributed by atoms with Gasteiger partial charge >= 0.3 is 0 Å². The van der Waals surface area contributed by atoms with Gasteiger partial charge in [-0.05, 0) is 31.6 Å². The molecule has 4 nitrogen and oxygen atoms in total. The van der Waals surface area contributed by atoms with Gasteiger partial charge in [0.1, 0.15) is 0 Å². The van der Waals surface area contributed by atoms with Gasteiger partial charge in [-0.15, -0.1) is 0 Å². The van der Waals surface area contributed by atoms with E-state index in [4.69, 9.17) is 9.47 Å². The van der Waals surface area contributed by atoms with Crippen LogP contribution in [-0.2, 0) is 14.3 Å². The molecule has 0 aromatic carbocycles. The molecule has 1 saturated carbocycles. The second-order valence-corrected chi connectivity index (χ2v) is 5.08. The van der Waals surface area contributed by atoms with Gasteiger partial charge in [-0.25, -0.2) is 0 Å². The summed E-state index contributed by atoms with van der Waals surface area (Å²) in [4.78, 5) is 13.9. The fraction of sp³-hybridized carbons (Fsp3) is 0.923. The van der Waals surface area contributed by atoms with Crippen LogP contribution in [0.5, 0.6) is 0 Å². The number of rotatable bonds is 5. The monoisotopic (exact) mass is 243 g/mol. The second-order valence-electron chi connectivity index (χ2n) is 5.08. The van der Waals surface area contributed by atoms with Crippen LogP contribution >= 0.6 is 0 Å². The Morgan fingerprint density at radius 1 is 1.24 bits per heavy atom. The quantitative estimate of drug-likeness (QED) is 0.692. The lowest BCUT2D eigenvalue weighted by Gasteiger charge is -2.30. The third kappa shape index (κ3) is 4.28. The SMILES string of the molecule is COC(CN(C)C(=O)[C@H]1CC[C@H](C)CC1)OC. The topological polar surface area (TPSA) is 38.8 Å². The second kappa shape index (κ2) is 6.97. The molecule has 0 aliphatic heterocycles. The van der Waals surface area contributed by atoms with Gasteiger partial charge in [-0.1, -0.05) is 6.92 Å². The van der Waals surface area contributed by atoms with Gasteiger partial charge in [0.2, 0.25) is 5.91 Å². The van der Waals surface area contributed by atoms with Crippen LogP contribution in [0.4, 0.5) is 0 Å². The maximum Gasteiger partial charge on any atom is 0.225 e. The van der Waals surface area contributed by atoms with Crippen molar-refractivity contribution in [3.05, 3.63) is 0 Å². The summed E-state index contributed by atoms with van der Waals surface area (Å²) in [7, 11) is 5.01. The van der Waals surface area contributed by atoms with Gasteiger partial charge in [0.25, 0.3) is 0 Å². The van der Waals surface area contributed by atoms with E-state index in [0.717, 1.165) is 18.8 Å². The number of ether oxygens (including phenoxy) is 2. The highest BCUT2D eigenvalue weighted by molar-refractivity contribution is 5.78. The van der Waals surface area contributed by atoms with Gasteiger partial charge in [-0.3, -0.25) is 4.79 Å². The molecule has 0 aromatic heterocycles. The molecule has 0 N–H and O–H groups in total. The first-order chi connectivity index (χ1) is 8.08. The summed E-state index contributed by atoms with van der Waals surface area (Å²) in [6.07, 6.45) is 4.06. The Morgan fingerprint density at radius 2 is 1.76 bits per heavy atom. The van der Waals surface area contributed by atoms with Crippen LogP contribution in [0.1, 0.15) is 32.6 Å². The summed E-state index contributed by atoms with van der Waals surface area (Å²) in [5, 5.41) is 0. The van der Waals surface area contributed by atoms with Crippen molar-refractivity contribution in [2.45, 2.75) is 38.9 Å². The van der Waals surface area contributed by atoms with Crippen LogP contribution in [0, 0.1) is 11.8 Å². The fourth-order valence-corrected chi connectivity index (χ4v) is 2.38. The van der Waals surface area contributed by atoms with Crippen molar-refractivity contribution in [3.63, 3.8) is 0 Å². The molecular formula is C13H25NO3. The zero-order chi connectivity index (χ0) is 12.8. The first-order valence-corrected chi connectivity index (χ1v) is 6.39. The third-order valence-electron chi connectivity index (χ3n) is 3.69. The van der Waals surface area contributed by atoms with Crippen LogP contribution in [-0.4, -0.2) is 44.9 Å². The zero-order valence-corrected chi connectivity index (χ0v) is 11.4. The standard InChI is InChI=1S/C13H25NO3/c1-10-5-7-11(8-6-10)13(15)14(2)9-12(16-3)17-4/h10-12H,5-9H2,1-4H3/t10-,11-. The lowest BCUT2D eigenvalue weighted by atomic mass is 9.82. The zero-order valence-electron chi connectivity index (χ0n) is 11.4. The highest BCUT2D eigenvalue weighted by Crippen LogP contribution is 2.29. The number of nitrogens with zero attached hydrogens (tertiary/aromatic N) is 1. The summed E-state index contributed by atoms with van der Waals surface area (Å²) in [6.45, 7) is 2.76. The van der Waals surface area contributed by atoms with Crippen molar-refractivity contribution in [2.24, 2.45) is 11.8 Å². The predicted molar refractivity (Wildman–Crippen MR) is 66.6 cm³/mol. The number of likely N-dealkylation sites (N-methyl/N-ethyl adjacent to an activating group) is 1. The van der Waals surface area contributed by atoms with E-state index in [1.54, 1.807) is 19.1 Å². The molecule has 0 bridgehead atoms. The Balaban J connectivity index is 2.40. The van der Waals surface area contributed by atoms with Crippen molar-refractivity contribution in [3.8, 4) is 0 Å². The van der Waals surface area contributed by atoms with Crippen molar-refractivity contribution >= 4 is 5.91 Å². The van der Waals surface area contributed by atoms with E-state index < -0.39 is 0 Å². The number of amides is 1. The van der Waals surface area contributed by atoms with Crippen LogP contribution in [0.15, 0.2) is 0 Å². The number of carbonyl (C=O) groups excluding carboxylic acids is 1. The van der Waals surface area contributed by atoms with Crippen LogP contribution in [0.25, 0.3) is 0 Å². The molecule has 17 heavy (non-hydrogen) atoms. The minimum Gasteiger partial charge on any atom is -0.354 e. The van der Waals surface area contributed by atoms with E-state index in [9.17, 15) is 4.79 Å². The van der Waals surface area contributed by atoms with E-state index in [-0.39, 0.29) is 18.1 Å². The van der Waals surface area contributed by atoms with Crippen LogP contribution in [0.2, 0.25) is 0 Å². The highest BCUT2D eigenvalue weighted by Gasteiger charge is 2.27. The minimum atomic E-state index is -0.327. The lowest BCUT2D eigenvalue weighted by Crippen LogP contribution is -2.40. The normalized spacial score (nSPS) is 25.0. The van der Waals surface area contributed by atoms with Gasteiger partial charge in [0.05, 0.1) is 6.54 Å². The Labute approximate surface area is 104 Å². The molecule has 100 valence electrons. The number of hydrogen-bond donors (Lipinski definition) is 0. The first-order valence-electron chi connectivity index (χ1n) is 6.39. The molecule has 0 aromatic rings. The maximum atomic E-state index is 12.2.